The van der Waals surface area contributed by atoms with Gasteiger partial charge in [-0.05, 0) is 59.6 Å². The van der Waals surface area contributed by atoms with Gasteiger partial charge in [0.1, 0.15) is 11.6 Å². The summed E-state index contributed by atoms with van der Waals surface area (Å²) >= 11 is 8.49. The number of aromatic nitrogens is 2. The summed E-state index contributed by atoms with van der Waals surface area (Å²) in [5, 5.41) is 5.67. The van der Waals surface area contributed by atoms with Gasteiger partial charge < -0.3 is 4.42 Å². The molecule has 0 unspecified atom stereocenters. The lowest BCUT2D eigenvalue weighted by Crippen LogP contribution is -2.22. The zero-order valence-corrected chi connectivity index (χ0v) is 20.9. The van der Waals surface area contributed by atoms with Gasteiger partial charge in [-0.15, -0.1) is 0 Å². The summed E-state index contributed by atoms with van der Waals surface area (Å²) < 4.78 is 8.96. The van der Waals surface area contributed by atoms with E-state index in [1.165, 1.54) is 22.0 Å². The minimum atomic E-state index is -0.203. The average molecular weight is 561 g/mol. The molecular formula is C23H19Br2N3O2S. The maximum atomic E-state index is 13.1. The molecule has 2 aromatic carbocycles. The summed E-state index contributed by atoms with van der Waals surface area (Å²) in [6, 6.07) is 15.6. The fourth-order valence-electron chi connectivity index (χ4n) is 3.03. The van der Waals surface area contributed by atoms with E-state index in [1.807, 2.05) is 25.1 Å². The molecule has 2 aromatic heterocycles. The summed E-state index contributed by atoms with van der Waals surface area (Å²) in [7, 11) is 0. The van der Waals surface area contributed by atoms with Crippen molar-refractivity contribution in [1.82, 2.24) is 9.66 Å². The Morgan fingerprint density at radius 2 is 1.94 bits per heavy atom. The molecule has 0 bridgehead atoms. The molecule has 158 valence electrons. The van der Waals surface area contributed by atoms with Gasteiger partial charge in [-0.1, -0.05) is 52.3 Å². The van der Waals surface area contributed by atoms with Gasteiger partial charge in [-0.2, -0.15) is 9.78 Å². The van der Waals surface area contributed by atoms with E-state index < -0.39 is 0 Å². The van der Waals surface area contributed by atoms with E-state index >= 15 is 0 Å². The molecule has 0 aliphatic heterocycles. The number of furan rings is 1. The topological polar surface area (TPSA) is 60.4 Å². The molecule has 0 saturated carbocycles. The molecule has 0 aliphatic rings. The summed E-state index contributed by atoms with van der Waals surface area (Å²) in [4.78, 5) is 18.8. The van der Waals surface area contributed by atoms with Gasteiger partial charge >= 0.3 is 0 Å². The van der Waals surface area contributed by atoms with Gasteiger partial charge in [0.15, 0.2) is 5.09 Å². The Bertz CT molecular complexity index is 1330. The van der Waals surface area contributed by atoms with Crippen LogP contribution < -0.4 is 5.56 Å². The highest BCUT2D eigenvalue weighted by Gasteiger charge is 2.12. The van der Waals surface area contributed by atoms with Gasteiger partial charge in [0.05, 0.1) is 21.6 Å². The molecule has 5 nitrogen and oxygen atoms in total. The van der Waals surface area contributed by atoms with E-state index in [2.05, 4.69) is 73.1 Å². The molecule has 31 heavy (non-hydrogen) atoms. The quantitative estimate of drug-likeness (QED) is 0.243. The Morgan fingerprint density at radius 1 is 1.16 bits per heavy atom. The molecule has 4 rings (SSSR count). The van der Waals surface area contributed by atoms with Crippen LogP contribution in [0, 0.1) is 6.92 Å². The van der Waals surface area contributed by atoms with Crippen LogP contribution in [0.5, 0.6) is 0 Å². The monoisotopic (exact) mass is 559 g/mol. The maximum Gasteiger partial charge on any atom is 0.282 e. The summed E-state index contributed by atoms with van der Waals surface area (Å²) in [6.45, 7) is 4.10. The third-order valence-corrected chi connectivity index (χ3v) is 6.90. The van der Waals surface area contributed by atoms with Crippen LogP contribution in [0.15, 0.2) is 81.8 Å². The van der Waals surface area contributed by atoms with Crippen molar-refractivity contribution in [2.45, 2.75) is 36.7 Å². The van der Waals surface area contributed by atoms with Crippen molar-refractivity contribution >= 4 is 60.7 Å². The van der Waals surface area contributed by atoms with Crippen LogP contribution >= 0.6 is 43.6 Å². The molecule has 0 saturated heterocycles. The first kappa shape index (κ1) is 22.0. The molecule has 0 atom stereocenters. The molecule has 4 aromatic rings. The number of aryl methyl sites for hydroxylation is 2. The van der Waals surface area contributed by atoms with E-state index in [0.29, 0.717) is 28.9 Å². The van der Waals surface area contributed by atoms with E-state index in [4.69, 9.17) is 4.42 Å². The Morgan fingerprint density at radius 3 is 2.68 bits per heavy atom. The molecule has 2 heterocycles. The highest BCUT2D eigenvalue weighted by molar-refractivity contribution is 9.10. The Balaban J connectivity index is 1.68. The van der Waals surface area contributed by atoms with Crippen LogP contribution in [0.25, 0.3) is 10.9 Å². The van der Waals surface area contributed by atoms with E-state index in [0.717, 1.165) is 25.4 Å². The first-order chi connectivity index (χ1) is 14.9. The van der Waals surface area contributed by atoms with Gasteiger partial charge in [-0.25, -0.2) is 4.98 Å². The van der Waals surface area contributed by atoms with Crippen LogP contribution in [0.1, 0.15) is 30.5 Å². The largest absolute Gasteiger partial charge is 0.447 e. The molecule has 8 heteroatoms. The molecule has 0 fully saturated rings. The fraction of sp³-hybridized carbons (Fsp3) is 0.174. The number of benzene rings is 2. The highest BCUT2D eigenvalue weighted by atomic mass is 79.9. The number of rotatable bonds is 6. The van der Waals surface area contributed by atoms with Gasteiger partial charge in [0, 0.05) is 21.9 Å². The number of halogens is 2. The lowest BCUT2D eigenvalue weighted by molar-refractivity contribution is 0.465. The average Bonchev–Trinajstić information content (AvgIpc) is 3.09. The fourth-order valence-corrected chi connectivity index (χ4v) is 4.72. The predicted molar refractivity (Wildman–Crippen MR) is 132 cm³/mol. The Labute approximate surface area is 200 Å². The minimum absolute atomic E-state index is 0.203. The third kappa shape index (κ3) is 5.02. The number of hydrogen-bond acceptors (Lipinski definition) is 5. The molecular weight excluding hydrogens is 542 g/mol. The lowest BCUT2D eigenvalue weighted by Gasteiger charge is -2.08. The van der Waals surface area contributed by atoms with Crippen LogP contribution in [0.2, 0.25) is 0 Å². The van der Waals surface area contributed by atoms with Crippen molar-refractivity contribution in [3.63, 3.8) is 0 Å². The van der Waals surface area contributed by atoms with Gasteiger partial charge in [-0.3, -0.25) is 4.79 Å². The van der Waals surface area contributed by atoms with E-state index in [1.54, 1.807) is 12.3 Å². The zero-order chi connectivity index (χ0) is 22.0. The standard InChI is InChI=1S/C23H19Br2N3O2S/c1-3-4-21-27-20-10-7-15(24)11-18(20)22(29)28(21)26-13-16-12-19(25)23(30-16)31-17-8-5-14(2)6-9-17/h5-13H,3-4H2,1-2H3. The SMILES string of the molecule is CCCc1nc2ccc(Br)cc2c(=O)n1N=Cc1cc(Br)c(Sc2ccc(C)cc2)o1. The highest BCUT2D eigenvalue weighted by Crippen LogP contribution is 2.35. The van der Waals surface area contributed by atoms with Crippen molar-refractivity contribution in [1.29, 1.82) is 0 Å². The summed E-state index contributed by atoms with van der Waals surface area (Å²) in [5.41, 5.74) is 1.67. The van der Waals surface area contributed by atoms with Gasteiger partial charge in [0.25, 0.3) is 5.56 Å². The summed E-state index contributed by atoms with van der Waals surface area (Å²) in [6.07, 6.45) is 3.05. The first-order valence-electron chi connectivity index (χ1n) is 9.74. The second-order valence-electron chi connectivity index (χ2n) is 7.00. The van der Waals surface area contributed by atoms with Crippen molar-refractivity contribution in [3.05, 3.63) is 85.0 Å². The van der Waals surface area contributed by atoms with Crippen LogP contribution in [-0.2, 0) is 6.42 Å². The van der Waals surface area contributed by atoms with Gasteiger partial charge in [0.2, 0.25) is 0 Å². The van der Waals surface area contributed by atoms with Crippen molar-refractivity contribution in [3.8, 4) is 0 Å². The van der Waals surface area contributed by atoms with E-state index in [-0.39, 0.29) is 5.56 Å². The number of hydrogen-bond donors (Lipinski definition) is 0. The smallest absolute Gasteiger partial charge is 0.282 e. The molecule has 0 amide bonds. The normalized spacial score (nSPS) is 11.6. The van der Waals surface area contributed by atoms with E-state index in [9.17, 15) is 4.79 Å². The maximum absolute atomic E-state index is 13.1. The summed E-state index contributed by atoms with van der Waals surface area (Å²) in [5.74, 6) is 1.17. The van der Waals surface area contributed by atoms with Crippen LogP contribution in [-0.4, -0.2) is 15.9 Å². The number of nitrogens with zero attached hydrogens (tertiary/aromatic N) is 3. The molecule has 0 spiro atoms. The predicted octanol–water partition coefficient (Wildman–Crippen LogP) is 6.81. The second kappa shape index (κ2) is 9.54. The van der Waals surface area contributed by atoms with Crippen LogP contribution in [0.4, 0.5) is 0 Å². The third-order valence-electron chi connectivity index (χ3n) is 4.56. The molecule has 0 radical (unpaired) electrons. The van der Waals surface area contributed by atoms with Crippen molar-refractivity contribution < 1.29 is 4.42 Å². The molecule has 0 N–H and O–H groups in total. The first-order valence-corrected chi connectivity index (χ1v) is 12.1. The lowest BCUT2D eigenvalue weighted by atomic mass is 10.2. The second-order valence-corrected chi connectivity index (χ2v) is 9.82. The van der Waals surface area contributed by atoms with Crippen molar-refractivity contribution in [2.24, 2.45) is 5.10 Å². The molecule has 0 aliphatic carbocycles. The zero-order valence-electron chi connectivity index (χ0n) is 16.9. The van der Waals surface area contributed by atoms with Crippen molar-refractivity contribution in [2.75, 3.05) is 0 Å². The Hall–Kier alpha value is -2.16. The van der Waals surface area contributed by atoms with Crippen LogP contribution in [0.3, 0.4) is 0 Å². The number of fused-ring (bicyclic) bond motifs is 1. The Kier molecular flexibility index (Phi) is 6.79. The minimum Gasteiger partial charge on any atom is -0.447 e.